The van der Waals surface area contributed by atoms with Crippen molar-refractivity contribution in [3.05, 3.63) is 42.2 Å². The second kappa shape index (κ2) is 6.12. The van der Waals surface area contributed by atoms with Crippen molar-refractivity contribution in [2.45, 2.75) is 26.3 Å². The zero-order chi connectivity index (χ0) is 14.8. The smallest absolute Gasteiger partial charge is 0.0492 e. The second-order valence-corrected chi connectivity index (χ2v) is 6.60. The van der Waals surface area contributed by atoms with Crippen molar-refractivity contribution in [3.8, 4) is 0 Å². The molecule has 3 rings (SSSR count). The lowest BCUT2D eigenvalue weighted by Gasteiger charge is -2.40. The van der Waals surface area contributed by atoms with E-state index in [0.717, 1.165) is 24.9 Å². The highest BCUT2D eigenvalue weighted by molar-refractivity contribution is 5.85. The minimum absolute atomic E-state index is 0.272. The van der Waals surface area contributed by atoms with E-state index in [0.29, 0.717) is 6.54 Å². The van der Waals surface area contributed by atoms with E-state index in [4.69, 9.17) is 5.73 Å². The minimum atomic E-state index is 0.272. The number of hydrogen-bond acceptors (Lipinski definition) is 3. The van der Waals surface area contributed by atoms with Crippen molar-refractivity contribution in [2.24, 2.45) is 17.6 Å². The maximum Gasteiger partial charge on any atom is 0.0492 e. The molecule has 1 aromatic heterocycles. The number of pyridine rings is 1. The fourth-order valence-corrected chi connectivity index (χ4v) is 3.84. The van der Waals surface area contributed by atoms with Gasteiger partial charge in [-0.05, 0) is 29.2 Å². The van der Waals surface area contributed by atoms with Crippen LogP contribution in [0.2, 0.25) is 0 Å². The Morgan fingerprint density at radius 2 is 1.90 bits per heavy atom. The van der Waals surface area contributed by atoms with Crippen molar-refractivity contribution < 1.29 is 0 Å². The van der Waals surface area contributed by atoms with E-state index in [2.05, 4.69) is 48.0 Å². The zero-order valence-electron chi connectivity index (χ0n) is 13.0. The summed E-state index contributed by atoms with van der Waals surface area (Å²) in [5.41, 5.74) is 7.42. The van der Waals surface area contributed by atoms with Gasteiger partial charge >= 0.3 is 0 Å². The van der Waals surface area contributed by atoms with E-state index >= 15 is 0 Å². The summed E-state index contributed by atoms with van der Waals surface area (Å²) < 4.78 is 0. The molecule has 2 N–H and O–H groups in total. The molecule has 0 spiro atoms. The highest BCUT2D eigenvalue weighted by Gasteiger charge is 2.28. The van der Waals surface area contributed by atoms with E-state index in [-0.39, 0.29) is 6.04 Å². The molecule has 0 amide bonds. The van der Waals surface area contributed by atoms with Crippen LogP contribution in [0.4, 0.5) is 0 Å². The maximum atomic E-state index is 6.15. The fourth-order valence-electron chi connectivity index (χ4n) is 3.84. The number of piperidine rings is 1. The molecule has 3 unspecified atom stereocenters. The zero-order valence-corrected chi connectivity index (χ0v) is 13.0. The summed E-state index contributed by atoms with van der Waals surface area (Å²) in [5.74, 6) is 1.48. The summed E-state index contributed by atoms with van der Waals surface area (Å²) in [6.45, 7) is 7.61. The molecule has 2 aromatic rings. The van der Waals surface area contributed by atoms with Gasteiger partial charge in [-0.3, -0.25) is 9.88 Å². The molecule has 1 aromatic carbocycles. The van der Waals surface area contributed by atoms with Crippen molar-refractivity contribution in [3.63, 3.8) is 0 Å². The van der Waals surface area contributed by atoms with Crippen LogP contribution in [0.15, 0.2) is 36.7 Å². The molecule has 3 nitrogen and oxygen atoms in total. The molecule has 1 saturated heterocycles. The van der Waals surface area contributed by atoms with Gasteiger partial charge in [0.15, 0.2) is 0 Å². The van der Waals surface area contributed by atoms with Gasteiger partial charge in [-0.1, -0.05) is 38.1 Å². The number of nitrogens with zero attached hydrogens (tertiary/aromatic N) is 2. The number of rotatable bonds is 3. The van der Waals surface area contributed by atoms with E-state index in [1.807, 2.05) is 12.4 Å². The number of benzene rings is 1. The average molecular weight is 283 g/mol. The fraction of sp³-hybridized carbons (Fsp3) is 0.500. The van der Waals surface area contributed by atoms with Crippen LogP contribution in [0.1, 0.15) is 31.9 Å². The highest BCUT2D eigenvalue weighted by Crippen LogP contribution is 2.31. The molecule has 21 heavy (non-hydrogen) atoms. The lowest BCUT2D eigenvalue weighted by molar-refractivity contribution is 0.0989. The number of likely N-dealkylation sites (tertiary alicyclic amines) is 1. The number of fused-ring (bicyclic) bond motifs is 1. The van der Waals surface area contributed by atoms with Crippen molar-refractivity contribution in [2.75, 3.05) is 19.6 Å². The van der Waals surface area contributed by atoms with Crippen molar-refractivity contribution >= 4 is 10.8 Å². The molecular weight excluding hydrogens is 258 g/mol. The van der Waals surface area contributed by atoms with Gasteiger partial charge in [-0.2, -0.15) is 0 Å². The largest absolute Gasteiger partial charge is 0.329 e. The first-order valence-corrected chi connectivity index (χ1v) is 7.95. The van der Waals surface area contributed by atoms with Gasteiger partial charge in [-0.25, -0.2) is 0 Å². The van der Waals surface area contributed by atoms with Crippen LogP contribution < -0.4 is 5.73 Å². The third-order valence-corrected chi connectivity index (χ3v) is 4.62. The van der Waals surface area contributed by atoms with Crippen molar-refractivity contribution in [1.29, 1.82) is 0 Å². The Balaban J connectivity index is 1.98. The first-order valence-electron chi connectivity index (χ1n) is 7.95. The van der Waals surface area contributed by atoms with Crippen LogP contribution >= 0.6 is 0 Å². The quantitative estimate of drug-likeness (QED) is 0.940. The van der Waals surface area contributed by atoms with Crippen LogP contribution in [0.5, 0.6) is 0 Å². The van der Waals surface area contributed by atoms with Gasteiger partial charge in [0, 0.05) is 43.5 Å². The highest BCUT2D eigenvalue weighted by atomic mass is 15.2. The van der Waals surface area contributed by atoms with Crippen LogP contribution in [0, 0.1) is 11.8 Å². The van der Waals surface area contributed by atoms with Crippen LogP contribution in [0.3, 0.4) is 0 Å². The van der Waals surface area contributed by atoms with E-state index in [1.165, 1.54) is 22.8 Å². The first-order chi connectivity index (χ1) is 10.2. The topological polar surface area (TPSA) is 42.1 Å². The predicted octanol–water partition coefficient (Wildman–Crippen LogP) is 3.21. The standard InChI is InChI=1S/C18H25N3/c1-13-7-14(2)12-21(11-13)18(8-19)17-10-20-9-15-5-3-4-6-16(15)17/h3-6,9-10,13-14,18H,7-8,11-12,19H2,1-2H3. The molecular formula is C18H25N3. The van der Waals surface area contributed by atoms with Gasteiger partial charge < -0.3 is 5.73 Å². The second-order valence-electron chi connectivity index (χ2n) is 6.60. The van der Waals surface area contributed by atoms with E-state index < -0.39 is 0 Å². The van der Waals surface area contributed by atoms with Crippen LogP contribution in [-0.4, -0.2) is 29.5 Å². The number of nitrogens with two attached hydrogens (primary N) is 1. The van der Waals surface area contributed by atoms with E-state index in [9.17, 15) is 0 Å². The molecule has 0 aliphatic carbocycles. The Morgan fingerprint density at radius 3 is 2.62 bits per heavy atom. The van der Waals surface area contributed by atoms with Crippen molar-refractivity contribution in [1.82, 2.24) is 9.88 Å². The molecule has 0 bridgehead atoms. The number of hydrogen-bond donors (Lipinski definition) is 1. The molecule has 3 atom stereocenters. The normalized spacial score (nSPS) is 25.1. The number of aromatic nitrogens is 1. The predicted molar refractivity (Wildman–Crippen MR) is 88.1 cm³/mol. The summed E-state index contributed by atoms with van der Waals surface area (Å²) in [5, 5.41) is 2.49. The van der Waals surface area contributed by atoms with E-state index in [1.54, 1.807) is 0 Å². The molecule has 3 heteroatoms. The summed E-state index contributed by atoms with van der Waals surface area (Å²) in [4.78, 5) is 6.99. The van der Waals surface area contributed by atoms with Gasteiger partial charge in [0.1, 0.15) is 0 Å². The third-order valence-electron chi connectivity index (χ3n) is 4.62. The molecule has 0 radical (unpaired) electrons. The molecule has 0 saturated carbocycles. The Hall–Kier alpha value is -1.45. The summed E-state index contributed by atoms with van der Waals surface area (Å²) in [6, 6.07) is 8.75. The van der Waals surface area contributed by atoms with Gasteiger partial charge in [0.2, 0.25) is 0 Å². The molecule has 1 fully saturated rings. The Labute approximate surface area is 127 Å². The lowest BCUT2D eigenvalue weighted by atomic mass is 9.89. The monoisotopic (exact) mass is 283 g/mol. The van der Waals surface area contributed by atoms with Gasteiger partial charge in [-0.15, -0.1) is 0 Å². The molecule has 1 aliphatic rings. The lowest BCUT2D eigenvalue weighted by Crippen LogP contribution is -2.43. The summed E-state index contributed by atoms with van der Waals surface area (Å²) in [6.07, 6.45) is 5.26. The Morgan fingerprint density at radius 1 is 1.19 bits per heavy atom. The SMILES string of the molecule is CC1CC(C)CN(C(CN)c2cncc3ccccc23)C1. The van der Waals surface area contributed by atoms with Crippen LogP contribution in [-0.2, 0) is 0 Å². The Kier molecular flexibility index (Phi) is 4.22. The van der Waals surface area contributed by atoms with Gasteiger partial charge in [0.05, 0.1) is 0 Å². The van der Waals surface area contributed by atoms with Crippen LogP contribution in [0.25, 0.3) is 10.8 Å². The molecule has 112 valence electrons. The average Bonchev–Trinajstić information content (AvgIpc) is 2.47. The molecule has 2 heterocycles. The van der Waals surface area contributed by atoms with Gasteiger partial charge in [0.25, 0.3) is 0 Å². The maximum absolute atomic E-state index is 6.15. The Bertz CT molecular complexity index is 595. The summed E-state index contributed by atoms with van der Waals surface area (Å²) in [7, 11) is 0. The third kappa shape index (κ3) is 2.94. The first kappa shape index (κ1) is 14.5. The molecule has 1 aliphatic heterocycles. The summed E-state index contributed by atoms with van der Waals surface area (Å²) >= 11 is 0. The minimum Gasteiger partial charge on any atom is -0.329 e.